The Balaban J connectivity index is 1.92. The van der Waals surface area contributed by atoms with E-state index in [0.717, 1.165) is 37.9 Å². The van der Waals surface area contributed by atoms with Gasteiger partial charge in [0.15, 0.2) is 11.8 Å². The minimum absolute atomic E-state index is 0.191. The Bertz CT molecular complexity index is 438. The second kappa shape index (κ2) is 6.82. The van der Waals surface area contributed by atoms with Gasteiger partial charge < -0.3 is 9.47 Å². The van der Waals surface area contributed by atoms with Crippen molar-refractivity contribution < 1.29 is 9.47 Å². The molecule has 23 heavy (non-hydrogen) atoms. The minimum Gasteiger partial charge on any atom is -0.478 e. The molecule has 3 rings (SSSR count). The van der Waals surface area contributed by atoms with Crippen LogP contribution in [-0.2, 0) is 9.47 Å². The van der Waals surface area contributed by atoms with Crippen LogP contribution >= 0.6 is 0 Å². The number of hydrogen-bond donors (Lipinski definition) is 0. The lowest BCUT2D eigenvalue weighted by atomic mass is 9.79. The van der Waals surface area contributed by atoms with E-state index < -0.39 is 0 Å². The first kappa shape index (κ1) is 16.8. The van der Waals surface area contributed by atoms with Gasteiger partial charge in [-0.15, -0.1) is 0 Å². The molecular formula is C19H32N2O2. The van der Waals surface area contributed by atoms with E-state index in [9.17, 15) is 0 Å². The quantitative estimate of drug-likeness (QED) is 0.727. The molecule has 2 atom stereocenters. The van der Waals surface area contributed by atoms with Gasteiger partial charge >= 0.3 is 0 Å². The molecule has 4 nitrogen and oxygen atoms in total. The van der Waals surface area contributed by atoms with E-state index >= 15 is 0 Å². The second-order valence-corrected chi connectivity index (χ2v) is 8.11. The number of aliphatic imine (C=N–C) groups is 2. The molecule has 0 unspecified atom stereocenters. The summed E-state index contributed by atoms with van der Waals surface area (Å²) in [4.78, 5) is 9.95. The first-order valence-corrected chi connectivity index (χ1v) is 9.45. The van der Waals surface area contributed by atoms with E-state index in [1.165, 1.54) is 25.7 Å². The molecule has 0 aromatic heterocycles. The van der Waals surface area contributed by atoms with Crippen molar-refractivity contribution in [2.75, 3.05) is 13.2 Å². The van der Waals surface area contributed by atoms with Crippen LogP contribution in [0.2, 0.25) is 0 Å². The fourth-order valence-electron chi connectivity index (χ4n) is 3.84. The largest absolute Gasteiger partial charge is 0.478 e. The first-order chi connectivity index (χ1) is 11.0. The van der Waals surface area contributed by atoms with Gasteiger partial charge in [-0.3, -0.25) is 0 Å². The van der Waals surface area contributed by atoms with Crippen LogP contribution in [0.5, 0.6) is 0 Å². The molecule has 0 radical (unpaired) electrons. The molecule has 0 aromatic carbocycles. The zero-order chi connectivity index (χ0) is 16.4. The second-order valence-electron chi connectivity index (χ2n) is 8.11. The molecular weight excluding hydrogens is 288 g/mol. The van der Waals surface area contributed by atoms with Crippen LogP contribution in [0.1, 0.15) is 66.2 Å². The van der Waals surface area contributed by atoms with E-state index in [4.69, 9.17) is 19.5 Å². The van der Waals surface area contributed by atoms with Crippen molar-refractivity contribution in [3.8, 4) is 0 Å². The van der Waals surface area contributed by atoms with Crippen LogP contribution < -0.4 is 0 Å². The lowest BCUT2D eigenvalue weighted by Crippen LogP contribution is -2.39. The molecule has 0 amide bonds. The summed E-state index contributed by atoms with van der Waals surface area (Å²) < 4.78 is 12.2. The predicted octanol–water partition coefficient (Wildman–Crippen LogP) is 4.23. The molecule has 1 saturated carbocycles. The van der Waals surface area contributed by atoms with Crippen molar-refractivity contribution in [1.29, 1.82) is 0 Å². The van der Waals surface area contributed by atoms with Crippen molar-refractivity contribution in [2.24, 2.45) is 27.2 Å². The summed E-state index contributed by atoms with van der Waals surface area (Å²) in [5, 5.41) is 0. The van der Waals surface area contributed by atoms with Crippen molar-refractivity contribution in [3.63, 3.8) is 0 Å². The molecule has 130 valence electrons. The smallest absolute Gasteiger partial charge is 0.199 e. The fourth-order valence-corrected chi connectivity index (χ4v) is 3.84. The van der Waals surface area contributed by atoms with Gasteiger partial charge in [0.05, 0.1) is 12.1 Å². The van der Waals surface area contributed by atoms with E-state index in [0.29, 0.717) is 11.8 Å². The maximum absolute atomic E-state index is 6.12. The summed E-state index contributed by atoms with van der Waals surface area (Å²) in [6, 6.07) is 0.570. The van der Waals surface area contributed by atoms with Crippen molar-refractivity contribution in [3.05, 3.63) is 0 Å². The molecule has 2 aliphatic heterocycles. The summed E-state index contributed by atoms with van der Waals surface area (Å²) in [5.41, 5.74) is -0.191. The average molecular weight is 320 g/mol. The third-order valence-corrected chi connectivity index (χ3v) is 5.66. The Labute approximate surface area is 140 Å². The lowest BCUT2D eigenvalue weighted by molar-refractivity contribution is 0.229. The fraction of sp³-hybridized carbons (Fsp3) is 0.895. The van der Waals surface area contributed by atoms with Crippen LogP contribution in [0.3, 0.4) is 0 Å². The Kier molecular flexibility index (Phi) is 4.98. The minimum atomic E-state index is -0.191. The van der Waals surface area contributed by atoms with Crippen molar-refractivity contribution in [1.82, 2.24) is 0 Å². The van der Waals surface area contributed by atoms with Crippen LogP contribution in [0.25, 0.3) is 0 Å². The van der Waals surface area contributed by atoms with Gasteiger partial charge in [0.25, 0.3) is 0 Å². The van der Waals surface area contributed by atoms with Gasteiger partial charge in [-0.1, -0.05) is 53.4 Å². The molecule has 3 aliphatic rings. The molecule has 0 aromatic rings. The third kappa shape index (κ3) is 3.27. The van der Waals surface area contributed by atoms with Crippen molar-refractivity contribution >= 4 is 11.8 Å². The number of nitrogens with zero attached hydrogens (tertiary/aromatic N) is 2. The van der Waals surface area contributed by atoms with E-state index in [1.54, 1.807) is 0 Å². The van der Waals surface area contributed by atoms with Crippen LogP contribution in [0.15, 0.2) is 9.98 Å². The average Bonchev–Trinajstić information content (AvgIpc) is 3.14. The lowest BCUT2D eigenvalue weighted by Gasteiger charge is -2.30. The zero-order valence-electron chi connectivity index (χ0n) is 15.2. The Hall–Kier alpha value is -1.06. The predicted molar refractivity (Wildman–Crippen MR) is 94.2 cm³/mol. The highest BCUT2D eigenvalue weighted by Gasteiger charge is 2.48. The summed E-state index contributed by atoms with van der Waals surface area (Å²) >= 11 is 0. The Morgan fingerprint density at radius 3 is 1.57 bits per heavy atom. The van der Waals surface area contributed by atoms with E-state index in [1.807, 2.05) is 0 Å². The molecule has 0 spiro atoms. The van der Waals surface area contributed by atoms with Gasteiger partial charge in [-0.2, -0.15) is 0 Å². The zero-order valence-corrected chi connectivity index (χ0v) is 15.2. The van der Waals surface area contributed by atoms with Gasteiger partial charge in [-0.05, 0) is 24.7 Å². The van der Waals surface area contributed by atoms with Gasteiger partial charge in [0, 0.05) is 0 Å². The Morgan fingerprint density at radius 1 is 0.783 bits per heavy atom. The molecule has 0 N–H and O–H groups in total. The SMILES string of the molecule is CC(C)[C@@H]1COC(C2(C3=N[C@H](C(C)C)CO3)CCCCCC2)=N1. The summed E-state index contributed by atoms with van der Waals surface area (Å²) in [7, 11) is 0. The van der Waals surface area contributed by atoms with Crippen LogP contribution in [0.4, 0.5) is 0 Å². The first-order valence-electron chi connectivity index (χ1n) is 9.45. The number of ether oxygens (including phenoxy) is 2. The number of hydrogen-bond acceptors (Lipinski definition) is 4. The van der Waals surface area contributed by atoms with Gasteiger partial charge in [0.2, 0.25) is 0 Å². The van der Waals surface area contributed by atoms with Crippen molar-refractivity contribution in [2.45, 2.75) is 78.3 Å². The summed E-state index contributed by atoms with van der Waals surface area (Å²) in [5.74, 6) is 2.87. The van der Waals surface area contributed by atoms with Gasteiger partial charge in [-0.25, -0.2) is 9.98 Å². The molecule has 4 heteroatoms. The molecule has 1 fully saturated rings. The number of rotatable bonds is 4. The van der Waals surface area contributed by atoms with E-state index in [2.05, 4.69) is 27.7 Å². The summed E-state index contributed by atoms with van der Waals surface area (Å²) in [6.45, 7) is 10.3. The topological polar surface area (TPSA) is 43.2 Å². The van der Waals surface area contributed by atoms with Crippen LogP contribution in [0, 0.1) is 17.3 Å². The molecule has 0 saturated heterocycles. The molecule has 0 bridgehead atoms. The molecule has 2 heterocycles. The highest BCUT2D eigenvalue weighted by atomic mass is 16.5. The standard InChI is InChI=1S/C19H32N2O2/c1-13(2)15-11-22-17(20-15)19(9-7-5-6-8-10-19)18-21-16(12-23-18)14(3)4/h13-16H,5-12H2,1-4H3/t15-,16-/m0/s1. The third-order valence-electron chi connectivity index (χ3n) is 5.66. The summed E-state index contributed by atoms with van der Waals surface area (Å²) in [6.07, 6.45) is 7.15. The maximum atomic E-state index is 6.12. The van der Waals surface area contributed by atoms with E-state index in [-0.39, 0.29) is 17.5 Å². The molecule has 1 aliphatic carbocycles. The highest BCUT2D eigenvalue weighted by molar-refractivity contribution is 6.06. The van der Waals surface area contributed by atoms with Gasteiger partial charge in [0.1, 0.15) is 18.6 Å². The monoisotopic (exact) mass is 320 g/mol. The Morgan fingerprint density at radius 2 is 1.22 bits per heavy atom. The maximum Gasteiger partial charge on any atom is 0.199 e. The van der Waals surface area contributed by atoms with Crippen LogP contribution in [-0.4, -0.2) is 37.1 Å². The normalized spacial score (nSPS) is 30.7. The highest BCUT2D eigenvalue weighted by Crippen LogP contribution is 2.42.